The Morgan fingerprint density at radius 1 is 0.768 bits per heavy atom. The Morgan fingerprint density at radius 3 is 1.62 bits per heavy atom. The molecule has 12 heteroatoms. The van der Waals surface area contributed by atoms with Gasteiger partial charge in [-0.1, -0.05) is 56.3 Å². The average Bonchev–Trinajstić information content (AvgIpc) is 3.59. The van der Waals surface area contributed by atoms with E-state index in [4.69, 9.17) is 28.4 Å². The third-order valence-electron chi connectivity index (χ3n) is 7.13. The number of hydrogen-bond donors (Lipinski definition) is 0. The highest BCUT2D eigenvalue weighted by Crippen LogP contribution is 2.18. The molecular formula is C44H78O12. The van der Waals surface area contributed by atoms with Gasteiger partial charge in [-0.3, -0.25) is 19.2 Å². The van der Waals surface area contributed by atoms with Crippen LogP contribution in [0.25, 0.3) is 0 Å². The third-order valence-corrected chi connectivity index (χ3v) is 7.13. The van der Waals surface area contributed by atoms with Crippen LogP contribution < -0.4 is 0 Å². The van der Waals surface area contributed by atoms with E-state index in [2.05, 4.69) is 49.3 Å². The van der Waals surface area contributed by atoms with Crippen LogP contribution in [0.3, 0.4) is 0 Å². The molecule has 1 aromatic carbocycles. The fraction of sp³-hybridized carbons (Fsp3) is 0.727. The largest absolute Gasteiger partial charge is 0.469 e. The highest BCUT2D eigenvalue weighted by atomic mass is 16.6. The lowest BCUT2D eigenvalue weighted by molar-refractivity contribution is -0.152. The summed E-state index contributed by atoms with van der Waals surface area (Å²) in [4.78, 5) is 40.3. The van der Waals surface area contributed by atoms with Crippen molar-refractivity contribution in [3.05, 3.63) is 48.0 Å². The van der Waals surface area contributed by atoms with Gasteiger partial charge in [0.1, 0.15) is 12.2 Å². The molecule has 56 heavy (non-hydrogen) atoms. The lowest BCUT2D eigenvalue weighted by atomic mass is 10.0. The number of methoxy groups -OCH3 is 1. The molecule has 12 nitrogen and oxygen atoms in total. The normalized spacial score (nSPS) is 18.6. The molecule has 0 saturated carbocycles. The van der Waals surface area contributed by atoms with Gasteiger partial charge in [0.15, 0.2) is 0 Å². The van der Waals surface area contributed by atoms with Crippen molar-refractivity contribution in [1.82, 2.24) is 0 Å². The second-order valence-corrected chi connectivity index (χ2v) is 14.9. The standard InChI is InChI=1S/C11H20O.C9H10O2.C6H12O2.2C5H10O2.C5H10O.C3H6O2/c1-9(2)10(3)12-11-7-5-4-6-8-11;1-8(10)11-7-9-5-3-2-4-6-9;1-5(7)8-6(2,3)4;1-5-4-6-2-3-7-5;1-4(2)7-5(3)6;1-5-3-2-4-6-5;1-3(4)5-2/h4-5,9-11H,6-8H2,1-3H3;2-6H,7H2,1H3;1-4H3;5H,2-4H2,1H3;4H,1-3H3;5H,2-4H2,1H3;1-2H3/t10-,11?;;;5-;;5-;/m0..0.0./s1. The van der Waals surface area contributed by atoms with E-state index in [1.54, 1.807) is 0 Å². The molecule has 2 aliphatic heterocycles. The van der Waals surface area contributed by atoms with Crippen LogP contribution in [0.5, 0.6) is 0 Å². The first-order chi connectivity index (χ1) is 26.1. The smallest absolute Gasteiger partial charge is 0.303 e. The summed E-state index contributed by atoms with van der Waals surface area (Å²) in [5, 5.41) is 0. The summed E-state index contributed by atoms with van der Waals surface area (Å²) < 4.78 is 39.6. The summed E-state index contributed by atoms with van der Waals surface area (Å²) in [6, 6.07) is 9.60. The molecule has 326 valence electrons. The van der Waals surface area contributed by atoms with Gasteiger partial charge in [-0.05, 0) is 99.0 Å². The van der Waals surface area contributed by atoms with Gasteiger partial charge in [0.25, 0.3) is 0 Å². The molecule has 0 N–H and O–H groups in total. The maximum atomic E-state index is 10.4. The minimum atomic E-state index is -0.328. The molecule has 0 spiro atoms. The van der Waals surface area contributed by atoms with Crippen LogP contribution in [0.4, 0.5) is 0 Å². The van der Waals surface area contributed by atoms with Crippen LogP contribution in [-0.4, -0.2) is 93.5 Å². The monoisotopic (exact) mass is 799 g/mol. The number of carbonyl (C=O) groups excluding carboxylic acids is 4. The zero-order valence-electron chi connectivity index (χ0n) is 37.5. The van der Waals surface area contributed by atoms with Gasteiger partial charge < -0.3 is 37.9 Å². The molecule has 1 unspecified atom stereocenters. The second kappa shape index (κ2) is 36.0. The van der Waals surface area contributed by atoms with Gasteiger partial charge in [0, 0.05) is 34.3 Å². The quantitative estimate of drug-likeness (QED) is 0.154. The van der Waals surface area contributed by atoms with E-state index in [1.807, 2.05) is 71.9 Å². The Balaban J connectivity index is -0.000000597. The number of rotatable bonds is 6. The maximum absolute atomic E-state index is 10.4. The Morgan fingerprint density at radius 2 is 1.36 bits per heavy atom. The van der Waals surface area contributed by atoms with Crippen LogP contribution in [0.2, 0.25) is 0 Å². The van der Waals surface area contributed by atoms with E-state index in [0.717, 1.165) is 38.4 Å². The van der Waals surface area contributed by atoms with Gasteiger partial charge >= 0.3 is 23.9 Å². The molecule has 3 aliphatic rings. The zero-order chi connectivity index (χ0) is 43.5. The second-order valence-electron chi connectivity index (χ2n) is 14.9. The maximum Gasteiger partial charge on any atom is 0.303 e. The van der Waals surface area contributed by atoms with Crippen molar-refractivity contribution in [2.75, 3.05) is 33.5 Å². The number of hydrogen-bond acceptors (Lipinski definition) is 12. The van der Waals surface area contributed by atoms with Crippen LogP contribution in [-0.2, 0) is 63.7 Å². The molecular weight excluding hydrogens is 720 g/mol. The summed E-state index contributed by atoms with van der Waals surface area (Å²) in [7, 11) is 1.35. The van der Waals surface area contributed by atoms with Crippen LogP contribution in [0.1, 0.15) is 135 Å². The van der Waals surface area contributed by atoms with Crippen molar-refractivity contribution in [2.24, 2.45) is 5.92 Å². The number of ether oxygens (including phenoxy) is 8. The molecule has 0 amide bonds. The van der Waals surface area contributed by atoms with E-state index < -0.39 is 0 Å². The van der Waals surface area contributed by atoms with E-state index in [1.165, 1.54) is 60.5 Å². The lowest BCUT2D eigenvalue weighted by Gasteiger charge is -2.25. The highest BCUT2D eigenvalue weighted by molar-refractivity contribution is 5.66. The Labute approximate surface area is 339 Å². The molecule has 2 heterocycles. The molecule has 0 bridgehead atoms. The Hall–Kier alpha value is -3.32. The molecule has 1 aromatic rings. The molecule has 0 radical (unpaired) electrons. The first kappa shape index (κ1) is 57.0. The zero-order valence-corrected chi connectivity index (χ0v) is 37.5. The van der Waals surface area contributed by atoms with Crippen LogP contribution >= 0.6 is 0 Å². The summed E-state index contributed by atoms with van der Waals surface area (Å²) in [6.07, 6.45) is 12.3. The minimum absolute atomic E-state index is 0.0255. The summed E-state index contributed by atoms with van der Waals surface area (Å²) in [6.45, 7) is 29.1. The summed E-state index contributed by atoms with van der Waals surface area (Å²) in [5.41, 5.74) is 0.689. The molecule has 2 fully saturated rings. The summed E-state index contributed by atoms with van der Waals surface area (Å²) >= 11 is 0. The van der Waals surface area contributed by atoms with E-state index in [-0.39, 0.29) is 35.6 Å². The predicted molar refractivity (Wildman–Crippen MR) is 221 cm³/mol. The van der Waals surface area contributed by atoms with Gasteiger partial charge in [-0.25, -0.2) is 0 Å². The number of allylic oxidation sites excluding steroid dienone is 1. The van der Waals surface area contributed by atoms with Gasteiger partial charge in [-0.15, -0.1) is 0 Å². The topological polar surface area (TPSA) is 142 Å². The van der Waals surface area contributed by atoms with Crippen LogP contribution in [0, 0.1) is 5.92 Å². The molecule has 1 aliphatic carbocycles. The van der Waals surface area contributed by atoms with Crippen molar-refractivity contribution in [1.29, 1.82) is 0 Å². The summed E-state index contributed by atoms with van der Waals surface area (Å²) in [5.74, 6) is -0.290. The fourth-order valence-corrected chi connectivity index (χ4v) is 4.22. The first-order valence-corrected chi connectivity index (χ1v) is 19.8. The minimum Gasteiger partial charge on any atom is -0.469 e. The fourth-order valence-electron chi connectivity index (χ4n) is 4.22. The van der Waals surface area contributed by atoms with E-state index in [0.29, 0.717) is 36.9 Å². The van der Waals surface area contributed by atoms with Crippen molar-refractivity contribution in [3.8, 4) is 0 Å². The molecule has 4 rings (SSSR count). The highest BCUT2D eigenvalue weighted by Gasteiger charge is 2.16. The van der Waals surface area contributed by atoms with Gasteiger partial charge in [0.2, 0.25) is 0 Å². The Bertz CT molecular complexity index is 1130. The van der Waals surface area contributed by atoms with Crippen molar-refractivity contribution >= 4 is 23.9 Å². The molecule has 0 aromatic heterocycles. The van der Waals surface area contributed by atoms with Crippen LogP contribution in [0.15, 0.2) is 42.5 Å². The van der Waals surface area contributed by atoms with Crippen molar-refractivity contribution in [3.63, 3.8) is 0 Å². The van der Waals surface area contributed by atoms with Crippen molar-refractivity contribution in [2.45, 2.75) is 172 Å². The molecule has 4 atom stereocenters. The first-order valence-electron chi connectivity index (χ1n) is 19.8. The number of carbonyl (C=O) groups is 4. The Kier molecular flexibility index (Phi) is 36.7. The van der Waals surface area contributed by atoms with Gasteiger partial charge in [0.05, 0.1) is 57.5 Å². The third kappa shape index (κ3) is 46.8. The average molecular weight is 799 g/mol. The lowest BCUT2D eigenvalue weighted by Crippen LogP contribution is -2.25. The van der Waals surface area contributed by atoms with Crippen molar-refractivity contribution < 1.29 is 57.1 Å². The van der Waals surface area contributed by atoms with E-state index >= 15 is 0 Å². The molecule has 2 saturated heterocycles. The predicted octanol–water partition coefficient (Wildman–Crippen LogP) is 9.00. The number of esters is 4. The number of benzene rings is 1. The van der Waals surface area contributed by atoms with E-state index in [9.17, 15) is 19.2 Å². The SMILES string of the molecule is CC(=O)OC(C)(C)C.CC(=O)OC(C)C.CC(=O)OCc1ccccc1.CC(C)[C@H](C)OC1CC=CCC1.COC(C)=O.C[C@H]1CCCO1.C[C@H]1COCCO1. The van der Waals surface area contributed by atoms with Gasteiger partial charge in [-0.2, -0.15) is 0 Å².